The molecule has 0 aromatic carbocycles. The van der Waals surface area contributed by atoms with Crippen molar-refractivity contribution in [2.45, 2.75) is 12.5 Å². The lowest BCUT2D eigenvalue weighted by atomic mass is 10.2. The second-order valence-corrected chi connectivity index (χ2v) is 8.04. The molecule has 2 rings (SSSR count). The summed E-state index contributed by atoms with van der Waals surface area (Å²) in [6.45, 7) is 0. The van der Waals surface area contributed by atoms with E-state index < -0.39 is 0 Å². The lowest BCUT2D eigenvalue weighted by Gasteiger charge is -2.22. The van der Waals surface area contributed by atoms with Crippen LogP contribution in [0.1, 0.15) is 16.1 Å². The van der Waals surface area contributed by atoms with Crippen molar-refractivity contribution in [3.05, 3.63) is 19.2 Å². The monoisotopic (exact) mass is 383 g/mol. The first-order chi connectivity index (χ1) is 7.59. The molecule has 1 amide bonds. The number of hydrogen-bond donors (Lipinski definition) is 0. The molecule has 1 saturated heterocycles. The van der Waals surface area contributed by atoms with Gasteiger partial charge in [0.1, 0.15) is 0 Å². The number of halogens is 2. The molecule has 1 atom stereocenters. The van der Waals surface area contributed by atoms with Crippen LogP contribution in [0.3, 0.4) is 0 Å². The minimum Gasteiger partial charge on any atom is -0.337 e. The van der Waals surface area contributed by atoms with Crippen molar-refractivity contribution in [3.8, 4) is 0 Å². The molecule has 6 heteroatoms. The van der Waals surface area contributed by atoms with E-state index in [-0.39, 0.29) is 5.91 Å². The van der Waals surface area contributed by atoms with Gasteiger partial charge in [-0.2, -0.15) is 11.8 Å². The maximum atomic E-state index is 12.2. The van der Waals surface area contributed by atoms with E-state index in [1.54, 1.807) is 0 Å². The largest absolute Gasteiger partial charge is 0.337 e. The molecule has 0 N–H and O–H groups in total. The Labute approximate surface area is 120 Å². The Morgan fingerprint density at radius 2 is 2.31 bits per heavy atom. The molecule has 0 bridgehead atoms. The molecule has 2 nitrogen and oxygen atoms in total. The highest BCUT2D eigenvalue weighted by Crippen LogP contribution is 2.33. The maximum Gasteiger partial charge on any atom is 0.264 e. The van der Waals surface area contributed by atoms with Gasteiger partial charge in [0.05, 0.1) is 8.66 Å². The van der Waals surface area contributed by atoms with E-state index in [1.165, 1.54) is 17.1 Å². The molecular weight excluding hydrogens is 374 g/mol. The van der Waals surface area contributed by atoms with E-state index >= 15 is 0 Å². The molecule has 1 aromatic heterocycles. The standard InChI is InChI=1S/C10H11Br2NOS2/c1-13(6-2-3-15-5-6)10(14)8-4-7(11)9(12)16-8/h4,6H,2-3,5H2,1H3. The van der Waals surface area contributed by atoms with E-state index in [0.29, 0.717) is 6.04 Å². The molecular formula is C10H11Br2NOS2. The van der Waals surface area contributed by atoms with Gasteiger partial charge in [-0.25, -0.2) is 0 Å². The predicted octanol–water partition coefficient (Wildman–Crippen LogP) is 3.85. The molecule has 1 aromatic rings. The number of hydrogen-bond acceptors (Lipinski definition) is 3. The molecule has 1 aliphatic heterocycles. The summed E-state index contributed by atoms with van der Waals surface area (Å²) in [4.78, 5) is 14.9. The van der Waals surface area contributed by atoms with Gasteiger partial charge >= 0.3 is 0 Å². The quantitative estimate of drug-likeness (QED) is 0.771. The minimum atomic E-state index is 0.129. The van der Waals surface area contributed by atoms with Crippen LogP contribution in [0.25, 0.3) is 0 Å². The van der Waals surface area contributed by atoms with Crippen LogP contribution in [0, 0.1) is 0 Å². The van der Waals surface area contributed by atoms with E-state index in [4.69, 9.17) is 0 Å². The van der Waals surface area contributed by atoms with Crippen LogP contribution < -0.4 is 0 Å². The Hall–Kier alpha value is 0.480. The van der Waals surface area contributed by atoms with E-state index in [1.807, 2.05) is 29.8 Å². The molecule has 1 unspecified atom stereocenters. The Kier molecular flexibility index (Phi) is 4.38. The van der Waals surface area contributed by atoms with Crippen molar-refractivity contribution < 1.29 is 4.79 Å². The number of carbonyl (C=O) groups excluding carboxylic acids is 1. The number of thioether (sulfide) groups is 1. The SMILES string of the molecule is CN(C(=O)c1cc(Br)c(Br)s1)C1CCSC1. The minimum absolute atomic E-state index is 0.129. The summed E-state index contributed by atoms with van der Waals surface area (Å²) in [5.41, 5.74) is 0. The Morgan fingerprint density at radius 1 is 1.56 bits per heavy atom. The smallest absolute Gasteiger partial charge is 0.264 e. The number of thiophene rings is 1. The van der Waals surface area contributed by atoms with Crippen molar-refractivity contribution >= 4 is 60.9 Å². The fourth-order valence-electron chi connectivity index (χ4n) is 1.62. The van der Waals surface area contributed by atoms with Crippen LogP contribution in [0.5, 0.6) is 0 Å². The summed E-state index contributed by atoms with van der Waals surface area (Å²) in [6, 6.07) is 2.28. The average molecular weight is 385 g/mol. The number of amides is 1. The molecule has 16 heavy (non-hydrogen) atoms. The van der Waals surface area contributed by atoms with Gasteiger partial charge in [-0.05, 0) is 50.1 Å². The van der Waals surface area contributed by atoms with Gasteiger partial charge in [-0.15, -0.1) is 11.3 Å². The third kappa shape index (κ3) is 2.66. The highest BCUT2D eigenvalue weighted by atomic mass is 79.9. The molecule has 1 aliphatic rings. The van der Waals surface area contributed by atoms with Crippen molar-refractivity contribution in [2.24, 2.45) is 0 Å². The second-order valence-electron chi connectivity index (χ2n) is 3.67. The van der Waals surface area contributed by atoms with Crippen LogP contribution in [0.4, 0.5) is 0 Å². The molecule has 0 spiro atoms. The summed E-state index contributed by atoms with van der Waals surface area (Å²) in [7, 11) is 1.90. The van der Waals surface area contributed by atoms with Crippen molar-refractivity contribution in [2.75, 3.05) is 18.6 Å². The number of nitrogens with zero attached hydrogens (tertiary/aromatic N) is 1. The van der Waals surface area contributed by atoms with E-state index in [0.717, 1.165) is 25.3 Å². The van der Waals surface area contributed by atoms with Gasteiger partial charge in [0, 0.05) is 23.3 Å². The summed E-state index contributed by atoms with van der Waals surface area (Å²) in [6.07, 6.45) is 1.11. The zero-order valence-corrected chi connectivity index (χ0v) is 13.5. The lowest BCUT2D eigenvalue weighted by Crippen LogP contribution is -2.36. The Balaban J connectivity index is 2.11. The highest BCUT2D eigenvalue weighted by Gasteiger charge is 2.25. The van der Waals surface area contributed by atoms with Gasteiger partial charge in [-0.3, -0.25) is 4.79 Å². The normalized spacial score (nSPS) is 20.1. The fraction of sp³-hybridized carbons (Fsp3) is 0.500. The zero-order valence-electron chi connectivity index (χ0n) is 8.70. The fourth-order valence-corrected chi connectivity index (χ4v) is 4.91. The summed E-state index contributed by atoms with van der Waals surface area (Å²) in [5, 5.41) is 0. The number of carbonyl (C=O) groups is 1. The predicted molar refractivity (Wildman–Crippen MR) is 77.5 cm³/mol. The number of rotatable bonds is 2. The maximum absolute atomic E-state index is 12.2. The molecule has 0 aliphatic carbocycles. The molecule has 88 valence electrons. The van der Waals surface area contributed by atoms with Gasteiger partial charge in [0.15, 0.2) is 0 Å². The first-order valence-corrected chi connectivity index (χ1v) is 8.45. The molecule has 2 heterocycles. The first kappa shape index (κ1) is 12.9. The van der Waals surface area contributed by atoms with Crippen molar-refractivity contribution in [3.63, 3.8) is 0 Å². The lowest BCUT2D eigenvalue weighted by molar-refractivity contribution is 0.0752. The third-order valence-corrected chi connectivity index (χ3v) is 7.02. The summed E-state index contributed by atoms with van der Waals surface area (Å²) >= 11 is 10.2. The topological polar surface area (TPSA) is 20.3 Å². The van der Waals surface area contributed by atoms with Gasteiger partial charge in [-0.1, -0.05) is 0 Å². The average Bonchev–Trinajstić information content (AvgIpc) is 2.87. The highest BCUT2D eigenvalue weighted by molar-refractivity contribution is 9.13. The van der Waals surface area contributed by atoms with Crippen molar-refractivity contribution in [1.29, 1.82) is 0 Å². The molecule has 1 fully saturated rings. The molecule has 0 saturated carbocycles. The Bertz CT molecular complexity index is 382. The van der Waals surface area contributed by atoms with Crippen LogP contribution in [0.2, 0.25) is 0 Å². The van der Waals surface area contributed by atoms with Gasteiger partial charge < -0.3 is 4.90 Å². The third-order valence-electron chi connectivity index (χ3n) is 2.63. The van der Waals surface area contributed by atoms with Gasteiger partial charge in [0.25, 0.3) is 5.91 Å². The van der Waals surface area contributed by atoms with Crippen LogP contribution >= 0.6 is 55.0 Å². The second kappa shape index (κ2) is 5.42. The van der Waals surface area contributed by atoms with Crippen LogP contribution in [0.15, 0.2) is 14.3 Å². The van der Waals surface area contributed by atoms with E-state index in [9.17, 15) is 4.79 Å². The van der Waals surface area contributed by atoms with Crippen molar-refractivity contribution in [1.82, 2.24) is 4.90 Å². The van der Waals surface area contributed by atoms with Crippen LogP contribution in [-0.4, -0.2) is 35.4 Å². The summed E-state index contributed by atoms with van der Waals surface area (Å²) < 4.78 is 1.93. The zero-order chi connectivity index (χ0) is 11.7. The summed E-state index contributed by atoms with van der Waals surface area (Å²) in [5.74, 6) is 2.36. The van der Waals surface area contributed by atoms with E-state index in [2.05, 4.69) is 31.9 Å². The van der Waals surface area contributed by atoms with Crippen LogP contribution in [-0.2, 0) is 0 Å². The van der Waals surface area contributed by atoms with Gasteiger partial charge in [0.2, 0.25) is 0 Å². The first-order valence-electron chi connectivity index (χ1n) is 4.89. The molecule has 0 radical (unpaired) electrons. The Morgan fingerprint density at radius 3 is 2.81 bits per heavy atom.